The van der Waals surface area contributed by atoms with Gasteiger partial charge in [-0.15, -0.1) is 0 Å². The predicted molar refractivity (Wildman–Crippen MR) is 133 cm³/mol. The van der Waals surface area contributed by atoms with E-state index in [0.717, 1.165) is 45.3 Å². The molecule has 0 unspecified atom stereocenters. The Labute approximate surface area is 205 Å². The van der Waals surface area contributed by atoms with Crippen LogP contribution in [0.15, 0.2) is 54.6 Å². The van der Waals surface area contributed by atoms with E-state index in [1.165, 1.54) is 12.5 Å². The van der Waals surface area contributed by atoms with Crippen LogP contribution in [0.1, 0.15) is 29.7 Å². The average molecular weight is 475 g/mol. The Morgan fingerprint density at radius 2 is 1.83 bits per heavy atom. The summed E-state index contributed by atoms with van der Waals surface area (Å²) >= 11 is 0. The first-order valence-corrected chi connectivity index (χ1v) is 11.9. The lowest BCUT2D eigenvalue weighted by Gasteiger charge is -2.20. The van der Waals surface area contributed by atoms with E-state index in [1.807, 2.05) is 30.3 Å². The second-order valence-corrected chi connectivity index (χ2v) is 8.74. The van der Waals surface area contributed by atoms with Crippen LogP contribution >= 0.6 is 0 Å². The zero-order chi connectivity index (χ0) is 24.2. The van der Waals surface area contributed by atoms with Crippen LogP contribution in [0, 0.1) is 6.92 Å². The molecule has 0 aliphatic carbocycles. The first kappa shape index (κ1) is 23.1. The highest BCUT2D eigenvalue weighted by Gasteiger charge is 2.24. The molecule has 7 nitrogen and oxygen atoms in total. The summed E-state index contributed by atoms with van der Waals surface area (Å²) in [5.74, 6) is 3.16. The second-order valence-electron chi connectivity index (χ2n) is 8.74. The van der Waals surface area contributed by atoms with Gasteiger partial charge in [0, 0.05) is 31.6 Å². The minimum atomic E-state index is -0.0243. The first-order chi connectivity index (χ1) is 17.1. The summed E-state index contributed by atoms with van der Waals surface area (Å²) in [6, 6.07) is 18.4. The number of benzene rings is 3. The van der Waals surface area contributed by atoms with Crippen molar-refractivity contribution in [2.45, 2.75) is 26.5 Å². The monoisotopic (exact) mass is 474 g/mol. The quantitative estimate of drug-likeness (QED) is 0.477. The third-order valence-corrected chi connectivity index (χ3v) is 6.35. The van der Waals surface area contributed by atoms with Crippen molar-refractivity contribution in [3.05, 3.63) is 71.3 Å². The van der Waals surface area contributed by atoms with E-state index in [9.17, 15) is 4.79 Å². The smallest absolute Gasteiger partial charge is 0.216 e. The molecule has 2 aliphatic rings. The summed E-state index contributed by atoms with van der Waals surface area (Å²) in [4.78, 5) is 11.0. The summed E-state index contributed by atoms with van der Waals surface area (Å²) in [5.41, 5.74) is 5.64. The van der Waals surface area contributed by atoms with Gasteiger partial charge >= 0.3 is 0 Å². The molecule has 0 saturated heterocycles. The van der Waals surface area contributed by atoms with Gasteiger partial charge in [0.05, 0.1) is 6.04 Å². The molecule has 182 valence electrons. The third kappa shape index (κ3) is 5.20. The maximum absolute atomic E-state index is 11.0. The Bertz CT molecular complexity index is 1230. The molecule has 1 atom stereocenters. The molecule has 0 bridgehead atoms. The van der Waals surface area contributed by atoms with E-state index in [0.29, 0.717) is 39.5 Å². The Balaban J connectivity index is 1.24. The highest BCUT2D eigenvalue weighted by molar-refractivity contribution is 5.73. The standard InChI is InChI=1S/C28H30N2O5/c1-18-21(4-3-5-23(18)20-6-9-26-28(14-20)33-13-12-32-26)16-34-22-7-8-24-25(17-35-27(24)15-22)30-11-10-29-19(2)31/h3-9,14-15,25,30H,10-13,16-17H2,1-2H3,(H,29,31)/t25-/m0/s1. The fourth-order valence-electron chi connectivity index (χ4n) is 4.46. The van der Waals surface area contributed by atoms with E-state index in [2.05, 4.69) is 41.8 Å². The molecule has 7 heteroatoms. The summed E-state index contributed by atoms with van der Waals surface area (Å²) in [6.07, 6.45) is 0. The fourth-order valence-corrected chi connectivity index (χ4v) is 4.46. The highest BCUT2D eigenvalue weighted by Crippen LogP contribution is 2.37. The predicted octanol–water partition coefficient (Wildman–Crippen LogP) is 4.17. The topological polar surface area (TPSA) is 78.1 Å². The third-order valence-electron chi connectivity index (χ3n) is 6.35. The van der Waals surface area contributed by atoms with Crippen molar-refractivity contribution < 1.29 is 23.7 Å². The summed E-state index contributed by atoms with van der Waals surface area (Å²) in [6.45, 7) is 7.09. The highest BCUT2D eigenvalue weighted by atomic mass is 16.6. The lowest BCUT2D eigenvalue weighted by Crippen LogP contribution is -2.32. The van der Waals surface area contributed by atoms with Gasteiger partial charge in [0.2, 0.25) is 5.91 Å². The molecule has 35 heavy (non-hydrogen) atoms. The molecule has 2 heterocycles. The fraction of sp³-hybridized carbons (Fsp3) is 0.321. The molecule has 2 aliphatic heterocycles. The molecule has 0 aromatic heterocycles. The van der Waals surface area contributed by atoms with E-state index in [4.69, 9.17) is 18.9 Å². The molecule has 0 saturated carbocycles. The van der Waals surface area contributed by atoms with Crippen LogP contribution in [-0.4, -0.2) is 38.8 Å². The van der Waals surface area contributed by atoms with Crippen molar-refractivity contribution in [1.82, 2.24) is 10.6 Å². The molecule has 0 radical (unpaired) electrons. The van der Waals surface area contributed by atoms with Crippen LogP contribution in [0.5, 0.6) is 23.0 Å². The lowest BCUT2D eigenvalue weighted by molar-refractivity contribution is -0.118. The van der Waals surface area contributed by atoms with Gasteiger partial charge < -0.3 is 29.6 Å². The largest absolute Gasteiger partial charge is 0.491 e. The first-order valence-electron chi connectivity index (χ1n) is 11.9. The van der Waals surface area contributed by atoms with Crippen LogP contribution in [0.25, 0.3) is 11.1 Å². The molecule has 3 aromatic carbocycles. The Kier molecular flexibility index (Phi) is 6.77. The summed E-state index contributed by atoms with van der Waals surface area (Å²) < 4.78 is 23.4. The van der Waals surface area contributed by atoms with Crippen molar-refractivity contribution >= 4 is 5.91 Å². The number of nitrogens with one attached hydrogen (secondary N) is 2. The van der Waals surface area contributed by atoms with Crippen molar-refractivity contribution in [1.29, 1.82) is 0 Å². The van der Waals surface area contributed by atoms with Gasteiger partial charge in [-0.25, -0.2) is 0 Å². The van der Waals surface area contributed by atoms with Gasteiger partial charge in [-0.05, 0) is 53.4 Å². The normalized spacial score (nSPS) is 15.8. The Morgan fingerprint density at radius 3 is 2.69 bits per heavy atom. The maximum Gasteiger partial charge on any atom is 0.216 e. The number of hydrogen-bond donors (Lipinski definition) is 2. The molecular formula is C28H30N2O5. The number of amides is 1. The zero-order valence-electron chi connectivity index (χ0n) is 20.1. The molecule has 3 aromatic rings. The van der Waals surface area contributed by atoms with Crippen molar-refractivity contribution in [2.75, 3.05) is 32.9 Å². The van der Waals surface area contributed by atoms with Crippen LogP contribution in [-0.2, 0) is 11.4 Å². The van der Waals surface area contributed by atoms with Gasteiger partial charge in [-0.2, -0.15) is 0 Å². The maximum atomic E-state index is 11.0. The molecular weight excluding hydrogens is 444 g/mol. The molecule has 1 amide bonds. The van der Waals surface area contributed by atoms with Crippen LogP contribution in [0.4, 0.5) is 0 Å². The SMILES string of the molecule is CC(=O)NCCN[C@H]1COc2cc(OCc3cccc(-c4ccc5c(c4)OCCO5)c3C)ccc21. The number of fused-ring (bicyclic) bond motifs is 2. The van der Waals surface area contributed by atoms with Gasteiger partial charge in [0.15, 0.2) is 11.5 Å². The van der Waals surface area contributed by atoms with Gasteiger partial charge in [0.1, 0.15) is 37.9 Å². The molecule has 5 rings (SSSR count). The van der Waals surface area contributed by atoms with E-state index < -0.39 is 0 Å². The van der Waals surface area contributed by atoms with Crippen LogP contribution < -0.4 is 29.6 Å². The van der Waals surface area contributed by atoms with Crippen LogP contribution in [0.3, 0.4) is 0 Å². The van der Waals surface area contributed by atoms with E-state index in [1.54, 1.807) is 0 Å². The number of hydrogen-bond acceptors (Lipinski definition) is 6. The zero-order valence-corrected chi connectivity index (χ0v) is 20.1. The number of ether oxygens (including phenoxy) is 4. The summed E-state index contributed by atoms with van der Waals surface area (Å²) in [7, 11) is 0. The molecule has 0 fully saturated rings. The molecule has 2 N–H and O–H groups in total. The minimum Gasteiger partial charge on any atom is -0.491 e. The van der Waals surface area contributed by atoms with Crippen LogP contribution in [0.2, 0.25) is 0 Å². The second kappa shape index (κ2) is 10.3. The van der Waals surface area contributed by atoms with Crippen molar-refractivity contribution in [3.63, 3.8) is 0 Å². The number of rotatable bonds is 8. The Hall–Kier alpha value is -3.71. The van der Waals surface area contributed by atoms with Gasteiger partial charge in [-0.3, -0.25) is 4.79 Å². The van der Waals surface area contributed by atoms with E-state index in [-0.39, 0.29) is 11.9 Å². The lowest BCUT2D eigenvalue weighted by atomic mass is 9.96. The van der Waals surface area contributed by atoms with Crippen molar-refractivity contribution in [2.24, 2.45) is 0 Å². The van der Waals surface area contributed by atoms with Gasteiger partial charge in [0.25, 0.3) is 0 Å². The minimum absolute atomic E-state index is 0.0243. The van der Waals surface area contributed by atoms with E-state index >= 15 is 0 Å². The van der Waals surface area contributed by atoms with Gasteiger partial charge in [-0.1, -0.05) is 24.3 Å². The van der Waals surface area contributed by atoms with Crippen molar-refractivity contribution in [3.8, 4) is 34.1 Å². The number of carbonyl (C=O) groups excluding carboxylic acids is 1. The number of carbonyl (C=O) groups is 1. The molecule has 0 spiro atoms. The average Bonchev–Trinajstić information content (AvgIpc) is 3.28. The Morgan fingerprint density at radius 1 is 0.971 bits per heavy atom. The summed E-state index contributed by atoms with van der Waals surface area (Å²) in [5, 5.41) is 6.21.